The Labute approximate surface area is 136 Å². The van der Waals surface area contributed by atoms with Crippen LogP contribution in [0.1, 0.15) is 17.5 Å². The standard InChI is InChI=1S/C20H20N2O/c23-20(22-15-12-18-8-4-5-9-19(18)22)21-13-10-17(11-14-21)16-6-2-1-3-7-16/h1-10H,11-15H2. The van der Waals surface area contributed by atoms with Crippen molar-refractivity contribution in [1.82, 2.24) is 4.90 Å². The lowest BCUT2D eigenvalue weighted by Crippen LogP contribution is -2.44. The van der Waals surface area contributed by atoms with Crippen LogP contribution >= 0.6 is 0 Å². The van der Waals surface area contributed by atoms with Crippen LogP contribution in [0.25, 0.3) is 5.57 Å². The first-order valence-electron chi connectivity index (χ1n) is 8.22. The Bertz CT molecular complexity index is 751. The molecule has 0 spiro atoms. The number of anilines is 1. The van der Waals surface area contributed by atoms with Crippen molar-refractivity contribution in [2.24, 2.45) is 0 Å². The summed E-state index contributed by atoms with van der Waals surface area (Å²) in [5.41, 5.74) is 4.97. The van der Waals surface area contributed by atoms with E-state index in [-0.39, 0.29) is 6.03 Å². The monoisotopic (exact) mass is 304 g/mol. The average Bonchev–Trinajstić information content (AvgIpc) is 3.06. The second-order valence-corrected chi connectivity index (χ2v) is 6.10. The lowest BCUT2D eigenvalue weighted by molar-refractivity contribution is 0.210. The minimum absolute atomic E-state index is 0.137. The largest absolute Gasteiger partial charge is 0.324 e. The normalized spacial score (nSPS) is 17.0. The third-order valence-electron chi connectivity index (χ3n) is 4.74. The van der Waals surface area contributed by atoms with Crippen molar-refractivity contribution in [2.75, 3.05) is 24.5 Å². The number of benzene rings is 2. The Morgan fingerprint density at radius 3 is 2.43 bits per heavy atom. The van der Waals surface area contributed by atoms with Crippen LogP contribution in [0.2, 0.25) is 0 Å². The molecule has 2 aromatic carbocycles. The molecule has 0 saturated carbocycles. The SMILES string of the molecule is O=C(N1CC=C(c2ccccc2)CC1)N1CCc2ccccc21. The van der Waals surface area contributed by atoms with Crippen LogP contribution in [0.15, 0.2) is 60.7 Å². The summed E-state index contributed by atoms with van der Waals surface area (Å²) in [5, 5.41) is 0. The van der Waals surface area contributed by atoms with E-state index in [0.29, 0.717) is 6.54 Å². The van der Waals surface area contributed by atoms with Crippen molar-refractivity contribution in [1.29, 1.82) is 0 Å². The van der Waals surface area contributed by atoms with Crippen molar-refractivity contribution in [2.45, 2.75) is 12.8 Å². The van der Waals surface area contributed by atoms with Crippen molar-refractivity contribution < 1.29 is 4.79 Å². The van der Waals surface area contributed by atoms with E-state index < -0.39 is 0 Å². The molecule has 0 aliphatic carbocycles. The Morgan fingerprint density at radius 1 is 0.870 bits per heavy atom. The highest BCUT2D eigenvalue weighted by molar-refractivity contribution is 5.94. The van der Waals surface area contributed by atoms with Gasteiger partial charge >= 0.3 is 6.03 Å². The molecule has 0 atom stereocenters. The Balaban J connectivity index is 1.49. The summed E-state index contributed by atoms with van der Waals surface area (Å²) in [6.45, 7) is 2.28. The maximum atomic E-state index is 12.8. The van der Waals surface area contributed by atoms with Crippen LogP contribution in [0, 0.1) is 0 Å². The van der Waals surface area contributed by atoms with Crippen LogP contribution in [-0.2, 0) is 6.42 Å². The quantitative estimate of drug-likeness (QED) is 0.782. The molecule has 116 valence electrons. The number of fused-ring (bicyclic) bond motifs is 1. The van der Waals surface area contributed by atoms with Crippen molar-refractivity contribution in [3.05, 3.63) is 71.8 Å². The molecule has 23 heavy (non-hydrogen) atoms. The summed E-state index contributed by atoms with van der Waals surface area (Å²) in [4.78, 5) is 16.7. The molecule has 0 radical (unpaired) electrons. The van der Waals surface area contributed by atoms with Crippen molar-refractivity contribution in [3.8, 4) is 0 Å². The third-order valence-corrected chi connectivity index (χ3v) is 4.74. The fourth-order valence-corrected chi connectivity index (χ4v) is 3.46. The lowest BCUT2D eigenvalue weighted by atomic mass is 10.00. The van der Waals surface area contributed by atoms with Crippen LogP contribution < -0.4 is 4.90 Å². The predicted octanol–water partition coefficient (Wildman–Crippen LogP) is 3.96. The summed E-state index contributed by atoms with van der Waals surface area (Å²) in [6.07, 6.45) is 4.07. The molecule has 0 N–H and O–H groups in total. The molecule has 0 fully saturated rings. The van der Waals surface area contributed by atoms with Gasteiger partial charge in [-0.3, -0.25) is 4.90 Å². The first-order valence-corrected chi connectivity index (χ1v) is 8.22. The Kier molecular flexibility index (Phi) is 3.62. The third kappa shape index (κ3) is 2.63. The van der Waals surface area contributed by atoms with Gasteiger partial charge in [-0.15, -0.1) is 0 Å². The van der Waals surface area contributed by atoms with Gasteiger partial charge in [-0.05, 0) is 35.6 Å². The van der Waals surface area contributed by atoms with Crippen LogP contribution in [0.3, 0.4) is 0 Å². The van der Waals surface area contributed by atoms with Gasteiger partial charge in [0.15, 0.2) is 0 Å². The number of nitrogens with zero attached hydrogens (tertiary/aromatic N) is 2. The molecule has 3 heteroatoms. The predicted molar refractivity (Wildman–Crippen MR) is 93.5 cm³/mol. The maximum Gasteiger partial charge on any atom is 0.324 e. The second kappa shape index (κ2) is 5.92. The summed E-state index contributed by atoms with van der Waals surface area (Å²) in [5.74, 6) is 0. The molecule has 0 bridgehead atoms. The van der Waals surface area contributed by atoms with Gasteiger partial charge in [-0.1, -0.05) is 54.6 Å². The highest BCUT2D eigenvalue weighted by Crippen LogP contribution is 2.29. The van der Waals surface area contributed by atoms with Gasteiger partial charge < -0.3 is 4.90 Å². The van der Waals surface area contributed by atoms with Gasteiger partial charge in [0.1, 0.15) is 0 Å². The molecule has 0 aromatic heterocycles. The number of amides is 2. The fraction of sp³-hybridized carbons (Fsp3) is 0.250. The zero-order valence-electron chi connectivity index (χ0n) is 13.1. The Hall–Kier alpha value is -2.55. The average molecular weight is 304 g/mol. The Morgan fingerprint density at radius 2 is 1.65 bits per heavy atom. The number of carbonyl (C=O) groups excluding carboxylic acids is 1. The number of hydrogen-bond donors (Lipinski definition) is 0. The summed E-state index contributed by atoms with van der Waals surface area (Å²) in [6, 6.07) is 18.8. The molecule has 2 heterocycles. The zero-order valence-corrected chi connectivity index (χ0v) is 13.1. The van der Waals surface area contributed by atoms with E-state index in [1.807, 2.05) is 28.0 Å². The number of urea groups is 1. The molecule has 0 saturated heterocycles. The molecular weight excluding hydrogens is 284 g/mol. The van der Waals surface area contributed by atoms with Gasteiger partial charge in [0, 0.05) is 25.3 Å². The van der Waals surface area contributed by atoms with E-state index in [2.05, 4.69) is 42.5 Å². The summed E-state index contributed by atoms with van der Waals surface area (Å²) >= 11 is 0. The fourth-order valence-electron chi connectivity index (χ4n) is 3.46. The number of rotatable bonds is 1. The molecule has 2 aliphatic rings. The van der Waals surface area contributed by atoms with Gasteiger partial charge in [-0.2, -0.15) is 0 Å². The lowest BCUT2D eigenvalue weighted by Gasteiger charge is -2.31. The van der Waals surface area contributed by atoms with Gasteiger partial charge in [-0.25, -0.2) is 4.79 Å². The van der Waals surface area contributed by atoms with E-state index in [9.17, 15) is 4.79 Å². The molecule has 2 aromatic rings. The molecular formula is C20H20N2O. The highest BCUT2D eigenvalue weighted by Gasteiger charge is 2.28. The van der Waals surface area contributed by atoms with E-state index in [1.54, 1.807) is 0 Å². The van der Waals surface area contributed by atoms with E-state index in [1.165, 1.54) is 16.7 Å². The van der Waals surface area contributed by atoms with Gasteiger partial charge in [0.25, 0.3) is 0 Å². The second-order valence-electron chi connectivity index (χ2n) is 6.10. The number of carbonyl (C=O) groups is 1. The van der Waals surface area contributed by atoms with Gasteiger partial charge in [0.05, 0.1) is 0 Å². The number of para-hydroxylation sites is 1. The van der Waals surface area contributed by atoms with E-state index in [0.717, 1.165) is 31.6 Å². The molecule has 0 unspecified atom stereocenters. The van der Waals surface area contributed by atoms with E-state index >= 15 is 0 Å². The van der Waals surface area contributed by atoms with E-state index in [4.69, 9.17) is 0 Å². The smallest absolute Gasteiger partial charge is 0.320 e. The highest BCUT2D eigenvalue weighted by atomic mass is 16.2. The first-order chi connectivity index (χ1) is 11.3. The van der Waals surface area contributed by atoms with Crippen LogP contribution in [0.5, 0.6) is 0 Å². The van der Waals surface area contributed by atoms with Crippen LogP contribution in [0.4, 0.5) is 10.5 Å². The van der Waals surface area contributed by atoms with Crippen LogP contribution in [-0.4, -0.2) is 30.6 Å². The van der Waals surface area contributed by atoms with Crippen molar-refractivity contribution >= 4 is 17.3 Å². The summed E-state index contributed by atoms with van der Waals surface area (Å²) < 4.78 is 0. The minimum atomic E-state index is 0.137. The minimum Gasteiger partial charge on any atom is -0.320 e. The summed E-state index contributed by atoms with van der Waals surface area (Å²) in [7, 11) is 0. The first kappa shape index (κ1) is 14.1. The van der Waals surface area contributed by atoms with Crippen molar-refractivity contribution in [3.63, 3.8) is 0 Å². The number of hydrogen-bond acceptors (Lipinski definition) is 1. The molecule has 3 nitrogen and oxygen atoms in total. The molecule has 2 amide bonds. The topological polar surface area (TPSA) is 23.6 Å². The molecule has 2 aliphatic heterocycles. The van der Waals surface area contributed by atoms with Gasteiger partial charge in [0.2, 0.25) is 0 Å². The maximum absolute atomic E-state index is 12.8. The zero-order chi connectivity index (χ0) is 15.6. The molecule has 4 rings (SSSR count).